The Balaban J connectivity index is 1.68. The van der Waals surface area contributed by atoms with Crippen LogP contribution in [-0.2, 0) is 10.0 Å². The van der Waals surface area contributed by atoms with Gasteiger partial charge in [0, 0.05) is 50.6 Å². The molecule has 2 fully saturated rings. The van der Waals surface area contributed by atoms with E-state index in [1.54, 1.807) is 25.1 Å². The highest BCUT2D eigenvalue weighted by Gasteiger charge is 2.25. The summed E-state index contributed by atoms with van der Waals surface area (Å²) in [6.07, 6.45) is 4.30. The minimum absolute atomic E-state index is 0.0155. The van der Waals surface area contributed by atoms with Gasteiger partial charge in [-0.05, 0) is 62.1 Å². The number of nitrogens with zero attached hydrogens (tertiary/aromatic N) is 2. The number of nitrogens with one attached hydrogen (secondary N) is 2. The van der Waals surface area contributed by atoms with Crippen molar-refractivity contribution in [3.63, 3.8) is 0 Å². The van der Waals surface area contributed by atoms with Gasteiger partial charge >= 0.3 is 0 Å². The number of aryl methyl sites for hydroxylation is 2. The minimum atomic E-state index is -3.78. The monoisotopic (exact) mass is 470 g/mol. The van der Waals surface area contributed by atoms with Crippen molar-refractivity contribution >= 4 is 27.3 Å². The van der Waals surface area contributed by atoms with Gasteiger partial charge in [-0.15, -0.1) is 0 Å². The van der Waals surface area contributed by atoms with Crippen LogP contribution < -0.4 is 14.9 Å². The van der Waals surface area contributed by atoms with Crippen molar-refractivity contribution in [3.8, 4) is 0 Å². The Morgan fingerprint density at radius 3 is 2.30 bits per heavy atom. The molecule has 2 aromatic rings. The lowest BCUT2D eigenvalue weighted by Gasteiger charge is -2.32. The van der Waals surface area contributed by atoms with Crippen LogP contribution in [0.2, 0.25) is 0 Å². The molecular weight excluding hydrogens is 436 g/mol. The van der Waals surface area contributed by atoms with E-state index in [1.807, 2.05) is 30.0 Å². The van der Waals surface area contributed by atoms with Crippen LogP contribution in [0.3, 0.4) is 0 Å². The highest BCUT2D eigenvalue weighted by atomic mass is 32.2. The molecule has 2 heterocycles. The molecule has 1 amide bonds. The molecule has 2 aromatic carbocycles. The van der Waals surface area contributed by atoms with Crippen LogP contribution in [0.15, 0.2) is 41.3 Å². The number of rotatable bonds is 5. The summed E-state index contributed by atoms with van der Waals surface area (Å²) in [5, 5.41) is 3.35. The minimum Gasteiger partial charge on any atom is -0.368 e. The van der Waals surface area contributed by atoms with E-state index in [0.29, 0.717) is 16.8 Å². The average molecular weight is 471 g/mol. The van der Waals surface area contributed by atoms with E-state index in [2.05, 4.69) is 14.9 Å². The number of carbonyl (C=O) groups is 1. The quantitative estimate of drug-likeness (QED) is 0.699. The van der Waals surface area contributed by atoms with Crippen LogP contribution in [0.1, 0.15) is 47.2 Å². The SMILES string of the molecule is Cc1ccc(C)c(S(=O)(=O)Nc2ccc(N3CCNCC3)c(C(=O)N3CCCCCC3)c2)c1. The Bertz CT molecular complexity index is 1100. The summed E-state index contributed by atoms with van der Waals surface area (Å²) in [4.78, 5) is 18.0. The summed E-state index contributed by atoms with van der Waals surface area (Å²) in [5.74, 6) is -0.0155. The molecule has 0 aliphatic carbocycles. The van der Waals surface area contributed by atoms with Crippen molar-refractivity contribution in [2.24, 2.45) is 0 Å². The maximum atomic E-state index is 13.6. The Hall–Kier alpha value is -2.58. The van der Waals surface area contributed by atoms with E-state index in [0.717, 1.165) is 76.2 Å². The molecule has 0 bridgehead atoms. The van der Waals surface area contributed by atoms with E-state index >= 15 is 0 Å². The van der Waals surface area contributed by atoms with E-state index in [1.165, 1.54) is 0 Å². The van der Waals surface area contributed by atoms with Crippen molar-refractivity contribution in [3.05, 3.63) is 53.1 Å². The lowest BCUT2D eigenvalue weighted by atomic mass is 10.1. The summed E-state index contributed by atoms with van der Waals surface area (Å²) in [7, 11) is -3.78. The van der Waals surface area contributed by atoms with Crippen molar-refractivity contribution in [1.82, 2.24) is 10.2 Å². The summed E-state index contributed by atoms with van der Waals surface area (Å²) in [5.41, 5.74) is 3.42. The van der Waals surface area contributed by atoms with Gasteiger partial charge in [0.25, 0.3) is 15.9 Å². The van der Waals surface area contributed by atoms with E-state index < -0.39 is 10.0 Å². The molecule has 0 atom stereocenters. The molecule has 0 unspecified atom stereocenters. The van der Waals surface area contributed by atoms with Crippen LogP contribution in [0.4, 0.5) is 11.4 Å². The lowest BCUT2D eigenvalue weighted by Crippen LogP contribution is -2.44. The molecule has 33 heavy (non-hydrogen) atoms. The van der Waals surface area contributed by atoms with Gasteiger partial charge in [0.1, 0.15) is 0 Å². The third kappa shape index (κ3) is 5.50. The van der Waals surface area contributed by atoms with Crippen LogP contribution >= 0.6 is 0 Å². The predicted octanol–water partition coefficient (Wildman–Crippen LogP) is 3.53. The maximum Gasteiger partial charge on any atom is 0.262 e. The number of anilines is 2. The number of likely N-dealkylation sites (tertiary alicyclic amines) is 1. The molecular formula is C25H34N4O3S. The number of hydrogen-bond donors (Lipinski definition) is 2. The zero-order valence-corrected chi connectivity index (χ0v) is 20.4. The summed E-state index contributed by atoms with van der Waals surface area (Å²) < 4.78 is 29.0. The van der Waals surface area contributed by atoms with Gasteiger partial charge in [0.2, 0.25) is 0 Å². The van der Waals surface area contributed by atoms with Crippen LogP contribution in [0, 0.1) is 13.8 Å². The number of hydrogen-bond acceptors (Lipinski definition) is 5. The smallest absolute Gasteiger partial charge is 0.262 e. The molecule has 0 aromatic heterocycles. The van der Waals surface area contributed by atoms with Gasteiger partial charge in [0.05, 0.1) is 10.5 Å². The van der Waals surface area contributed by atoms with Crippen molar-refractivity contribution < 1.29 is 13.2 Å². The molecule has 0 saturated carbocycles. The number of amides is 1. The first-order valence-electron chi connectivity index (χ1n) is 11.8. The highest BCUT2D eigenvalue weighted by Crippen LogP contribution is 2.29. The third-order valence-electron chi connectivity index (χ3n) is 6.46. The molecule has 4 rings (SSSR count). The fourth-order valence-electron chi connectivity index (χ4n) is 4.60. The van der Waals surface area contributed by atoms with Crippen molar-refractivity contribution in [2.45, 2.75) is 44.4 Å². The highest BCUT2D eigenvalue weighted by molar-refractivity contribution is 7.92. The zero-order valence-electron chi connectivity index (χ0n) is 19.6. The van der Waals surface area contributed by atoms with E-state index in [-0.39, 0.29) is 10.8 Å². The van der Waals surface area contributed by atoms with Gasteiger partial charge in [-0.2, -0.15) is 0 Å². The molecule has 178 valence electrons. The third-order valence-corrected chi connectivity index (χ3v) is 7.99. The van der Waals surface area contributed by atoms with E-state index in [9.17, 15) is 13.2 Å². The fourth-order valence-corrected chi connectivity index (χ4v) is 5.98. The maximum absolute atomic E-state index is 13.6. The first-order valence-corrected chi connectivity index (χ1v) is 13.3. The number of piperazine rings is 1. The normalized spacial score (nSPS) is 17.5. The Morgan fingerprint density at radius 2 is 1.61 bits per heavy atom. The van der Waals surface area contributed by atoms with Gasteiger partial charge in [-0.1, -0.05) is 25.0 Å². The molecule has 2 N–H and O–H groups in total. The summed E-state index contributed by atoms with van der Waals surface area (Å²) >= 11 is 0. The average Bonchev–Trinajstić information content (AvgIpc) is 3.10. The molecule has 8 heteroatoms. The van der Waals surface area contributed by atoms with Crippen molar-refractivity contribution in [1.29, 1.82) is 0 Å². The second kappa shape index (κ2) is 10.1. The van der Waals surface area contributed by atoms with E-state index in [4.69, 9.17) is 0 Å². The Kier molecular flexibility index (Phi) is 7.24. The zero-order chi connectivity index (χ0) is 23.4. The number of carbonyl (C=O) groups excluding carboxylic acids is 1. The fraction of sp³-hybridized carbons (Fsp3) is 0.480. The van der Waals surface area contributed by atoms with Crippen LogP contribution in [0.5, 0.6) is 0 Å². The van der Waals surface area contributed by atoms with Gasteiger partial charge < -0.3 is 15.1 Å². The second-order valence-electron chi connectivity index (χ2n) is 9.05. The Labute approximate surface area is 197 Å². The number of sulfonamides is 1. The second-order valence-corrected chi connectivity index (χ2v) is 10.7. The molecule has 2 aliphatic heterocycles. The predicted molar refractivity (Wildman–Crippen MR) is 133 cm³/mol. The Morgan fingerprint density at radius 1 is 0.909 bits per heavy atom. The largest absolute Gasteiger partial charge is 0.368 e. The molecule has 0 radical (unpaired) electrons. The molecule has 2 saturated heterocycles. The number of benzene rings is 2. The standard InChI is InChI=1S/C25H34N4O3S/c1-19-7-8-20(2)24(17-19)33(31,32)27-21-9-10-23(28-15-11-26-12-16-28)22(18-21)25(30)29-13-5-3-4-6-14-29/h7-10,17-18,26-27H,3-6,11-16H2,1-2H3. The summed E-state index contributed by atoms with van der Waals surface area (Å²) in [6, 6.07) is 10.8. The van der Waals surface area contributed by atoms with Gasteiger partial charge in [0.15, 0.2) is 0 Å². The molecule has 7 nitrogen and oxygen atoms in total. The van der Waals surface area contributed by atoms with Crippen LogP contribution in [-0.4, -0.2) is 58.5 Å². The van der Waals surface area contributed by atoms with Gasteiger partial charge in [-0.25, -0.2) is 8.42 Å². The van der Waals surface area contributed by atoms with Crippen molar-refractivity contribution in [2.75, 3.05) is 48.9 Å². The first kappa shape index (κ1) is 23.6. The molecule has 0 spiro atoms. The van der Waals surface area contributed by atoms with Gasteiger partial charge in [-0.3, -0.25) is 9.52 Å². The van der Waals surface area contributed by atoms with Crippen LogP contribution in [0.25, 0.3) is 0 Å². The topological polar surface area (TPSA) is 81.8 Å². The molecule has 2 aliphatic rings. The first-order chi connectivity index (χ1) is 15.8. The summed E-state index contributed by atoms with van der Waals surface area (Å²) in [6.45, 7) is 8.50. The lowest BCUT2D eigenvalue weighted by molar-refractivity contribution is 0.0762.